The highest BCUT2D eigenvalue weighted by molar-refractivity contribution is 6.27. The van der Waals surface area contributed by atoms with Crippen molar-refractivity contribution < 1.29 is 0 Å². The monoisotopic (exact) mass is 585 g/mol. The summed E-state index contributed by atoms with van der Waals surface area (Å²) in [5.74, 6) is 0. The molecule has 9 aromatic rings. The molecule has 0 unspecified atom stereocenters. The largest absolute Gasteiger partial charge is 0.265 e. The summed E-state index contributed by atoms with van der Waals surface area (Å²) in [4.78, 5) is 12.9. The van der Waals surface area contributed by atoms with E-state index in [0.717, 1.165) is 27.8 Å². The van der Waals surface area contributed by atoms with Gasteiger partial charge in [-0.1, -0.05) is 78.9 Å². The second-order valence-electron chi connectivity index (χ2n) is 11.7. The van der Waals surface area contributed by atoms with E-state index in [4.69, 9.17) is 0 Å². The molecule has 3 heteroatoms. The molecule has 6 aromatic carbocycles. The van der Waals surface area contributed by atoms with Crippen LogP contribution in [-0.4, -0.2) is 15.0 Å². The van der Waals surface area contributed by atoms with Crippen molar-refractivity contribution in [3.05, 3.63) is 165 Å². The highest BCUT2D eigenvalue weighted by atomic mass is 14.6. The molecule has 0 atom stereocenters. The van der Waals surface area contributed by atoms with Gasteiger partial charge in [0.15, 0.2) is 0 Å². The van der Waals surface area contributed by atoms with Crippen LogP contribution in [0.2, 0.25) is 0 Å². The van der Waals surface area contributed by atoms with Crippen molar-refractivity contribution in [1.82, 2.24) is 15.0 Å². The zero-order valence-corrected chi connectivity index (χ0v) is 24.9. The van der Waals surface area contributed by atoms with Crippen molar-refractivity contribution in [3.8, 4) is 55.6 Å². The second-order valence-corrected chi connectivity index (χ2v) is 11.7. The minimum atomic E-state index is 1.13. The van der Waals surface area contributed by atoms with Gasteiger partial charge in [-0.05, 0) is 131 Å². The average molecular weight is 586 g/mol. The Morgan fingerprint density at radius 3 is 1.46 bits per heavy atom. The van der Waals surface area contributed by atoms with Crippen LogP contribution < -0.4 is 0 Å². The lowest BCUT2D eigenvalue weighted by atomic mass is 9.85. The molecule has 0 radical (unpaired) electrons. The van der Waals surface area contributed by atoms with E-state index in [1.54, 1.807) is 0 Å². The maximum absolute atomic E-state index is 4.41. The first-order chi connectivity index (χ1) is 22.8. The molecule has 0 bridgehead atoms. The summed E-state index contributed by atoms with van der Waals surface area (Å²) < 4.78 is 0. The Kier molecular flexibility index (Phi) is 6.14. The number of benzene rings is 6. The molecule has 0 aliphatic heterocycles. The van der Waals surface area contributed by atoms with E-state index in [9.17, 15) is 0 Å². The van der Waals surface area contributed by atoms with Gasteiger partial charge in [-0.2, -0.15) is 0 Å². The molecule has 0 aliphatic rings. The summed E-state index contributed by atoms with van der Waals surface area (Å²) in [6.45, 7) is 0. The van der Waals surface area contributed by atoms with Gasteiger partial charge >= 0.3 is 0 Å². The standard InChI is InChI=1S/C43H27N3/c1-2-6-38(36(5-1)35-25-33(28-15-20-44-21-16-28)24-34(26-35)29-17-22-45-23-18-29)39-12-8-31-9-13-40-37(32-4-3-19-46-27-32)11-7-30-10-14-41(39)43(31)42(30)40/h1-27H. The molecule has 46 heavy (non-hydrogen) atoms. The van der Waals surface area contributed by atoms with E-state index in [0.29, 0.717) is 0 Å². The van der Waals surface area contributed by atoms with Gasteiger partial charge in [0.1, 0.15) is 0 Å². The lowest BCUT2D eigenvalue weighted by molar-refractivity contribution is 1.33. The van der Waals surface area contributed by atoms with Crippen LogP contribution in [0.25, 0.3) is 88.0 Å². The highest BCUT2D eigenvalue weighted by Gasteiger charge is 2.17. The summed E-state index contributed by atoms with van der Waals surface area (Å²) in [7, 11) is 0. The van der Waals surface area contributed by atoms with Crippen molar-refractivity contribution in [2.75, 3.05) is 0 Å². The molecule has 0 amide bonds. The number of hydrogen-bond acceptors (Lipinski definition) is 3. The van der Waals surface area contributed by atoms with E-state index < -0.39 is 0 Å². The minimum Gasteiger partial charge on any atom is -0.265 e. The lowest BCUT2D eigenvalue weighted by Gasteiger charge is -2.18. The van der Waals surface area contributed by atoms with Gasteiger partial charge in [0.05, 0.1) is 0 Å². The molecule has 3 heterocycles. The third kappa shape index (κ3) is 4.33. The molecule has 0 N–H and O–H groups in total. The van der Waals surface area contributed by atoms with Crippen molar-refractivity contribution in [1.29, 1.82) is 0 Å². The van der Waals surface area contributed by atoms with Crippen LogP contribution in [0, 0.1) is 0 Å². The smallest absolute Gasteiger partial charge is 0.0346 e. The number of hydrogen-bond donors (Lipinski definition) is 0. The molecule has 0 fully saturated rings. The second kappa shape index (κ2) is 10.8. The van der Waals surface area contributed by atoms with Crippen molar-refractivity contribution in [3.63, 3.8) is 0 Å². The van der Waals surface area contributed by atoms with Crippen LogP contribution in [0.4, 0.5) is 0 Å². The topological polar surface area (TPSA) is 38.7 Å². The van der Waals surface area contributed by atoms with Gasteiger partial charge < -0.3 is 0 Å². The van der Waals surface area contributed by atoms with Crippen molar-refractivity contribution in [2.45, 2.75) is 0 Å². The maximum atomic E-state index is 4.41. The molecule has 3 aromatic heterocycles. The molecule has 0 saturated heterocycles. The summed E-state index contributed by atoms with van der Waals surface area (Å²) >= 11 is 0. The predicted molar refractivity (Wildman–Crippen MR) is 191 cm³/mol. The number of rotatable bonds is 5. The first kappa shape index (κ1) is 26.2. The first-order valence-electron chi connectivity index (χ1n) is 15.5. The quantitative estimate of drug-likeness (QED) is 0.189. The third-order valence-corrected chi connectivity index (χ3v) is 9.13. The molecule has 214 valence electrons. The number of nitrogens with zero attached hydrogens (tertiary/aromatic N) is 3. The fourth-order valence-corrected chi connectivity index (χ4v) is 6.98. The van der Waals surface area contributed by atoms with Crippen LogP contribution in [0.3, 0.4) is 0 Å². The Labute approximate surface area is 266 Å². The van der Waals surface area contributed by atoms with Gasteiger partial charge in [-0.3, -0.25) is 15.0 Å². The number of aromatic nitrogens is 3. The predicted octanol–water partition coefficient (Wildman–Crippen LogP) is 11.1. The van der Waals surface area contributed by atoms with Crippen LogP contribution in [0.15, 0.2) is 165 Å². The van der Waals surface area contributed by atoms with Crippen LogP contribution in [0.5, 0.6) is 0 Å². The van der Waals surface area contributed by atoms with Gasteiger partial charge in [-0.25, -0.2) is 0 Å². The van der Waals surface area contributed by atoms with E-state index in [-0.39, 0.29) is 0 Å². The fourth-order valence-electron chi connectivity index (χ4n) is 6.98. The van der Waals surface area contributed by atoms with Gasteiger partial charge in [0.25, 0.3) is 0 Å². The normalized spacial score (nSPS) is 11.5. The van der Waals surface area contributed by atoms with Crippen LogP contribution >= 0.6 is 0 Å². The van der Waals surface area contributed by atoms with E-state index in [2.05, 4.69) is 136 Å². The fraction of sp³-hybridized carbons (Fsp3) is 0. The van der Waals surface area contributed by atoms with E-state index in [1.807, 2.05) is 43.2 Å². The molecule has 0 spiro atoms. The molecule has 3 nitrogen and oxygen atoms in total. The molecular weight excluding hydrogens is 558 g/mol. The van der Waals surface area contributed by atoms with Crippen LogP contribution in [-0.2, 0) is 0 Å². The summed E-state index contributed by atoms with van der Waals surface area (Å²) in [6.07, 6.45) is 11.2. The van der Waals surface area contributed by atoms with Gasteiger partial charge in [0, 0.05) is 42.7 Å². The summed E-state index contributed by atoms with van der Waals surface area (Å²) in [6, 6.07) is 46.2. The Bertz CT molecular complexity index is 2450. The van der Waals surface area contributed by atoms with Crippen molar-refractivity contribution >= 4 is 32.3 Å². The number of pyridine rings is 3. The van der Waals surface area contributed by atoms with E-state index >= 15 is 0 Å². The first-order valence-corrected chi connectivity index (χ1v) is 15.5. The Balaban J connectivity index is 1.29. The van der Waals surface area contributed by atoms with E-state index in [1.165, 1.54) is 60.1 Å². The van der Waals surface area contributed by atoms with Gasteiger partial charge in [0.2, 0.25) is 0 Å². The summed E-state index contributed by atoms with van der Waals surface area (Å²) in [5.41, 5.74) is 11.7. The Hall–Kier alpha value is -6.19. The maximum Gasteiger partial charge on any atom is 0.0346 e. The summed E-state index contributed by atoms with van der Waals surface area (Å²) in [5, 5.41) is 7.61. The van der Waals surface area contributed by atoms with Crippen LogP contribution in [0.1, 0.15) is 0 Å². The highest BCUT2D eigenvalue weighted by Crippen LogP contribution is 2.44. The molecule has 0 aliphatic carbocycles. The minimum absolute atomic E-state index is 1.13. The molecule has 9 rings (SSSR count). The van der Waals surface area contributed by atoms with Crippen molar-refractivity contribution in [2.24, 2.45) is 0 Å². The zero-order chi connectivity index (χ0) is 30.5. The average Bonchev–Trinajstić information content (AvgIpc) is 3.14. The Morgan fingerprint density at radius 1 is 0.304 bits per heavy atom. The Morgan fingerprint density at radius 2 is 0.848 bits per heavy atom. The molecule has 0 saturated carbocycles. The molecular formula is C43H27N3. The lowest BCUT2D eigenvalue weighted by Crippen LogP contribution is -1.92. The third-order valence-electron chi connectivity index (χ3n) is 9.13. The SMILES string of the molecule is c1cncc(-c2ccc3ccc4c(-c5ccccc5-c5cc(-c6ccncc6)cc(-c6ccncc6)c5)ccc5ccc2c3c54)c1. The van der Waals surface area contributed by atoms with Gasteiger partial charge in [-0.15, -0.1) is 0 Å². The zero-order valence-electron chi connectivity index (χ0n) is 24.9.